The topological polar surface area (TPSA) is 109 Å². The highest BCUT2D eigenvalue weighted by atomic mass is 19.4. The maximum atomic E-state index is 13.9. The van der Waals surface area contributed by atoms with Crippen molar-refractivity contribution in [1.29, 1.82) is 0 Å². The van der Waals surface area contributed by atoms with E-state index in [0.29, 0.717) is 11.8 Å². The molecule has 2 aliphatic rings. The van der Waals surface area contributed by atoms with Crippen LogP contribution in [0.15, 0.2) is 35.5 Å². The lowest BCUT2D eigenvalue weighted by Crippen LogP contribution is -2.52. The van der Waals surface area contributed by atoms with Crippen LogP contribution in [-0.2, 0) is 16.1 Å². The fraction of sp³-hybridized carbons (Fsp3) is 0.273. The van der Waals surface area contributed by atoms with Gasteiger partial charge in [-0.2, -0.15) is 13.2 Å². The van der Waals surface area contributed by atoms with E-state index in [1.54, 1.807) is 0 Å². The van der Waals surface area contributed by atoms with Crippen molar-refractivity contribution in [3.63, 3.8) is 0 Å². The Balaban J connectivity index is 1.55. The van der Waals surface area contributed by atoms with Crippen LogP contribution in [0.2, 0.25) is 0 Å². The van der Waals surface area contributed by atoms with E-state index in [2.05, 4.69) is 15.3 Å². The molecule has 1 N–H and O–H groups in total. The van der Waals surface area contributed by atoms with Crippen LogP contribution in [0.1, 0.15) is 50.7 Å². The molecule has 3 heterocycles. The van der Waals surface area contributed by atoms with Gasteiger partial charge >= 0.3 is 6.18 Å². The summed E-state index contributed by atoms with van der Waals surface area (Å²) in [5.74, 6) is -8.08. The third-order valence-electron chi connectivity index (χ3n) is 5.59. The molecule has 0 radical (unpaired) electrons. The predicted octanol–water partition coefficient (Wildman–Crippen LogP) is 2.68. The van der Waals surface area contributed by atoms with Crippen molar-refractivity contribution in [2.75, 3.05) is 0 Å². The van der Waals surface area contributed by atoms with E-state index in [1.165, 1.54) is 23.1 Å². The number of aromatic nitrogens is 1. The molecule has 1 saturated heterocycles. The number of fused-ring (bicyclic) bond motifs is 1. The molecule has 2 atom stereocenters. The Morgan fingerprint density at radius 1 is 1.20 bits per heavy atom. The highest BCUT2D eigenvalue weighted by molar-refractivity contribution is 6.06. The number of imide groups is 1. The predicted molar refractivity (Wildman–Crippen MR) is 108 cm³/mol. The molecule has 1 aromatic carbocycles. The van der Waals surface area contributed by atoms with Crippen LogP contribution in [0, 0.1) is 11.6 Å². The number of amides is 4. The molecular formula is C22H15F5N4O4. The van der Waals surface area contributed by atoms with E-state index in [4.69, 9.17) is 0 Å². The molecule has 1 fully saturated rings. The number of alkyl halides is 3. The van der Waals surface area contributed by atoms with E-state index in [-0.39, 0.29) is 42.8 Å². The summed E-state index contributed by atoms with van der Waals surface area (Å²) in [6.45, 7) is -0.0544. The molecule has 182 valence electrons. The van der Waals surface area contributed by atoms with Crippen molar-refractivity contribution in [3.8, 4) is 0 Å². The summed E-state index contributed by atoms with van der Waals surface area (Å²) in [4.78, 5) is 56.3. The first-order valence-electron chi connectivity index (χ1n) is 10.2. The van der Waals surface area contributed by atoms with E-state index in [1.807, 2.05) is 0 Å². The van der Waals surface area contributed by atoms with Crippen molar-refractivity contribution < 1.29 is 41.1 Å². The Labute approximate surface area is 193 Å². The van der Waals surface area contributed by atoms with Gasteiger partial charge in [0.05, 0.1) is 11.9 Å². The Kier molecular flexibility index (Phi) is 6.17. The number of nitrogens with one attached hydrogen (secondary N) is 1. The third-order valence-corrected chi connectivity index (χ3v) is 5.59. The van der Waals surface area contributed by atoms with Crippen LogP contribution >= 0.6 is 0 Å². The molecule has 1 aromatic heterocycles. The van der Waals surface area contributed by atoms with Crippen molar-refractivity contribution >= 4 is 29.8 Å². The zero-order valence-electron chi connectivity index (χ0n) is 17.6. The number of piperidine rings is 1. The fourth-order valence-corrected chi connectivity index (χ4v) is 3.89. The van der Waals surface area contributed by atoms with Gasteiger partial charge in [0.1, 0.15) is 23.6 Å². The standard InChI is InChI=1S/C22H15F5N4O4/c23-12-6-15(24)18(28-7-12)14(22(25,26)27)8-29-19(33)10-1-2-13-11(5-10)9-31(21(13)35)16-3-4-17(32)30-20(16)34/h1-2,5-8,14,16H,3-4,9H2,(H,30,32,34). The number of aliphatic imine (C=N–C) groups is 1. The van der Waals surface area contributed by atoms with Crippen LogP contribution in [0.3, 0.4) is 0 Å². The number of carbonyl (C=O) groups excluding carboxylic acids is 4. The average molecular weight is 494 g/mol. The molecule has 0 bridgehead atoms. The summed E-state index contributed by atoms with van der Waals surface area (Å²) in [6, 6.07) is 3.09. The Hall–Kier alpha value is -4.03. The number of rotatable bonds is 4. The molecule has 2 aliphatic heterocycles. The van der Waals surface area contributed by atoms with Gasteiger partial charge in [0.15, 0.2) is 0 Å². The van der Waals surface area contributed by atoms with Gasteiger partial charge in [0.2, 0.25) is 11.8 Å². The summed E-state index contributed by atoms with van der Waals surface area (Å²) in [6.07, 6.45) is -4.29. The highest BCUT2D eigenvalue weighted by Crippen LogP contribution is 2.34. The number of hydrogen-bond acceptors (Lipinski definition) is 5. The van der Waals surface area contributed by atoms with Crippen LogP contribution in [-0.4, -0.2) is 51.9 Å². The van der Waals surface area contributed by atoms with Gasteiger partial charge in [0, 0.05) is 36.4 Å². The number of hydrogen-bond donors (Lipinski definition) is 1. The molecule has 2 aromatic rings. The second kappa shape index (κ2) is 8.96. The van der Waals surface area contributed by atoms with Crippen molar-refractivity contribution in [1.82, 2.24) is 15.2 Å². The Morgan fingerprint density at radius 3 is 2.60 bits per heavy atom. The van der Waals surface area contributed by atoms with Gasteiger partial charge in [-0.05, 0) is 30.2 Å². The van der Waals surface area contributed by atoms with E-state index in [9.17, 15) is 41.1 Å². The number of benzene rings is 1. The lowest BCUT2D eigenvalue weighted by molar-refractivity contribution is -0.137. The van der Waals surface area contributed by atoms with Gasteiger partial charge in [-0.25, -0.2) is 13.8 Å². The van der Waals surface area contributed by atoms with Gasteiger partial charge in [0.25, 0.3) is 11.8 Å². The maximum Gasteiger partial charge on any atom is 0.402 e. The number of carbonyl (C=O) groups is 4. The second-order valence-electron chi connectivity index (χ2n) is 7.90. The minimum atomic E-state index is -5.07. The molecule has 0 saturated carbocycles. The molecule has 0 aliphatic carbocycles. The minimum absolute atomic E-state index is 0.0544. The first kappa shape index (κ1) is 24.1. The maximum absolute atomic E-state index is 13.9. The first-order chi connectivity index (χ1) is 16.5. The third kappa shape index (κ3) is 4.79. The van der Waals surface area contributed by atoms with E-state index >= 15 is 0 Å². The largest absolute Gasteiger partial charge is 0.402 e. The zero-order chi connectivity index (χ0) is 25.5. The fourth-order valence-electron chi connectivity index (χ4n) is 3.89. The smallest absolute Gasteiger partial charge is 0.322 e. The van der Waals surface area contributed by atoms with Gasteiger partial charge in [-0.3, -0.25) is 29.5 Å². The van der Waals surface area contributed by atoms with Crippen molar-refractivity contribution in [2.24, 2.45) is 4.99 Å². The molecule has 35 heavy (non-hydrogen) atoms. The van der Waals surface area contributed by atoms with Crippen LogP contribution < -0.4 is 5.32 Å². The lowest BCUT2D eigenvalue weighted by atomic mass is 10.0. The monoisotopic (exact) mass is 494 g/mol. The summed E-state index contributed by atoms with van der Waals surface area (Å²) < 4.78 is 67.2. The van der Waals surface area contributed by atoms with E-state index < -0.39 is 59.1 Å². The number of halogens is 5. The SMILES string of the molecule is O=C1CCC(N2Cc3cc(C(=O)N=CC(c4ncc(F)cc4F)C(F)(F)F)ccc3C2=O)C(=O)N1. The summed E-state index contributed by atoms with van der Waals surface area (Å²) in [5.41, 5.74) is -0.749. The van der Waals surface area contributed by atoms with Crippen molar-refractivity contribution in [3.05, 3.63) is 64.5 Å². The first-order valence-corrected chi connectivity index (χ1v) is 10.2. The number of nitrogens with zero attached hydrogens (tertiary/aromatic N) is 3. The molecule has 13 heteroatoms. The Morgan fingerprint density at radius 2 is 1.94 bits per heavy atom. The summed E-state index contributed by atoms with van der Waals surface area (Å²) in [7, 11) is 0. The molecule has 4 rings (SSSR count). The average Bonchev–Trinajstić information content (AvgIpc) is 3.09. The lowest BCUT2D eigenvalue weighted by Gasteiger charge is -2.29. The molecule has 2 unspecified atom stereocenters. The minimum Gasteiger partial charge on any atom is -0.322 e. The molecule has 8 nitrogen and oxygen atoms in total. The number of pyridine rings is 1. The second-order valence-corrected chi connectivity index (χ2v) is 7.90. The normalized spacial score (nSPS) is 19.2. The highest BCUT2D eigenvalue weighted by Gasteiger charge is 2.43. The zero-order valence-corrected chi connectivity index (χ0v) is 17.6. The van der Waals surface area contributed by atoms with Crippen molar-refractivity contribution in [2.45, 2.75) is 37.5 Å². The summed E-state index contributed by atoms with van der Waals surface area (Å²) in [5, 5.41) is 2.15. The molecule has 4 amide bonds. The summed E-state index contributed by atoms with van der Waals surface area (Å²) >= 11 is 0. The molecule has 0 spiro atoms. The van der Waals surface area contributed by atoms with Gasteiger partial charge < -0.3 is 4.90 Å². The van der Waals surface area contributed by atoms with Gasteiger partial charge in [-0.15, -0.1) is 0 Å². The quantitative estimate of drug-likeness (QED) is 0.400. The van der Waals surface area contributed by atoms with Crippen LogP contribution in [0.5, 0.6) is 0 Å². The van der Waals surface area contributed by atoms with E-state index in [0.717, 1.165) is 0 Å². The van der Waals surface area contributed by atoms with Crippen LogP contribution in [0.25, 0.3) is 0 Å². The Bertz CT molecular complexity index is 1280. The van der Waals surface area contributed by atoms with Crippen LogP contribution in [0.4, 0.5) is 22.0 Å². The van der Waals surface area contributed by atoms with Gasteiger partial charge in [-0.1, -0.05) is 0 Å². The molecular weight excluding hydrogens is 479 g/mol.